The molecule has 3 rings (SSSR count). The van der Waals surface area contributed by atoms with Crippen LogP contribution in [0.5, 0.6) is 5.88 Å². The third-order valence-corrected chi connectivity index (χ3v) is 4.86. The first-order chi connectivity index (χ1) is 13.0. The van der Waals surface area contributed by atoms with E-state index in [0.29, 0.717) is 23.2 Å². The van der Waals surface area contributed by atoms with Gasteiger partial charge in [-0.05, 0) is 6.07 Å². The van der Waals surface area contributed by atoms with E-state index in [2.05, 4.69) is 10.3 Å². The SMILES string of the molecule is CC(=O)NCCOCC(=O)c1c([O-])[n+]2ccccc2n1Cc1cnc(Cl)s1. The molecular weight excluding hydrogens is 392 g/mol. The van der Waals surface area contributed by atoms with E-state index in [1.807, 2.05) is 0 Å². The van der Waals surface area contributed by atoms with Crippen molar-refractivity contribution in [3.8, 4) is 5.88 Å². The van der Waals surface area contributed by atoms with E-state index in [-0.39, 0.29) is 24.8 Å². The monoisotopic (exact) mass is 408 g/mol. The van der Waals surface area contributed by atoms with Crippen LogP contribution in [0.4, 0.5) is 0 Å². The molecule has 0 unspecified atom stereocenters. The van der Waals surface area contributed by atoms with Crippen molar-refractivity contribution < 1.29 is 23.8 Å². The number of thiazole rings is 1. The van der Waals surface area contributed by atoms with Gasteiger partial charge in [0.1, 0.15) is 19.0 Å². The fourth-order valence-electron chi connectivity index (χ4n) is 2.64. The molecule has 1 amide bonds. The van der Waals surface area contributed by atoms with E-state index in [1.54, 1.807) is 35.2 Å². The maximum atomic E-state index is 12.7. The summed E-state index contributed by atoms with van der Waals surface area (Å²) in [7, 11) is 0. The molecule has 0 spiro atoms. The second-order valence-electron chi connectivity index (χ2n) is 5.71. The van der Waals surface area contributed by atoms with Crippen LogP contribution in [0.3, 0.4) is 0 Å². The van der Waals surface area contributed by atoms with Gasteiger partial charge in [-0.3, -0.25) is 9.59 Å². The molecule has 0 radical (unpaired) electrons. The van der Waals surface area contributed by atoms with Crippen molar-refractivity contribution in [3.63, 3.8) is 0 Å². The van der Waals surface area contributed by atoms with Crippen LogP contribution in [-0.4, -0.2) is 41.0 Å². The highest BCUT2D eigenvalue weighted by Crippen LogP contribution is 2.22. The number of hydrogen-bond acceptors (Lipinski definition) is 6. The first kappa shape index (κ1) is 19.3. The van der Waals surface area contributed by atoms with E-state index in [0.717, 1.165) is 4.88 Å². The number of halogens is 1. The highest BCUT2D eigenvalue weighted by molar-refractivity contribution is 7.15. The lowest BCUT2D eigenvalue weighted by molar-refractivity contribution is -0.582. The number of aromatic nitrogens is 3. The van der Waals surface area contributed by atoms with Crippen LogP contribution < -0.4 is 14.8 Å². The molecule has 8 nitrogen and oxygen atoms in total. The fraction of sp³-hybridized carbons (Fsp3) is 0.294. The minimum Gasteiger partial charge on any atom is -0.839 e. The summed E-state index contributed by atoms with van der Waals surface area (Å²) in [4.78, 5) is 28.3. The Labute approximate surface area is 164 Å². The summed E-state index contributed by atoms with van der Waals surface area (Å²) in [5.41, 5.74) is 0.624. The lowest BCUT2D eigenvalue weighted by Crippen LogP contribution is -2.26. The Hall–Kier alpha value is -2.49. The van der Waals surface area contributed by atoms with Crippen molar-refractivity contribution in [2.24, 2.45) is 0 Å². The summed E-state index contributed by atoms with van der Waals surface area (Å²) < 4.78 is 8.77. The third-order valence-electron chi connectivity index (χ3n) is 3.76. The van der Waals surface area contributed by atoms with Crippen LogP contribution in [0.25, 0.3) is 5.65 Å². The molecular formula is C17H17ClN4O4S. The van der Waals surface area contributed by atoms with Gasteiger partial charge in [0.2, 0.25) is 17.4 Å². The number of carbonyl (C=O) groups is 2. The predicted molar refractivity (Wildman–Crippen MR) is 97.1 cm³/mol. The van der Waals surface area contributed by atoms with E-state index >= 15 is 0 Å². The minimum absolute atomic E-state index is 0.0326. The summed E-state index contributed by atoms with van der Waals surface area (Å²) in [5, 5.41) is 15.3. The van der Waals surface area contributed by atoms with Gasteiger partial charge in [-0.2, -0.15) is 0 Å². The molecule has 3 heterocycles. The molecule has 0 atom stereocenters. The molecule has 0 saturated carbocycles. The number of amides is 1. The second kappa shape index (κ2) is 8.47. The fourth-order valence-corrected chi connectivity index (χ4v) is 3.61. The molecule has 0 fully saturated rings. The predicted octanol–water partition coefficient (Wildman–Crippen LogP) is 0.794. The molecule has 3 aromatic rings. The van der Waals surface area contributed by atoms with Crippen LogP contribution in [0.15, 0.2) is 30.6 Å². The maximum absolute atomic E-state index is 12.7. The second-order valence-corrected chi connectivity index (χ2v) is 7.40. The number of fused-ring (bicyclic) bond motifs is 1. The molecule has 0 aliphatic carbocycles. The van der Waals surface area contributed by atoms with Crippen LogP contribution >= 0.6 is 22.9 Å². The highest BCUT2D eigenvalue weighted by Gasteiger charge is 2.26. The van der Waals surface area contributed by atoms with Gasteiger partial charge in [0.25, 0.3) is 5.65 Å². The van der Waals surface area contributed by atoms with Gasteiger partial charge in [-0.15, -0.1) is 11.3 Å². The Morgan fingerprint density at radius 1 is 1.44 bits per heavy atom. The van der Waals surface area contributed by atoms with Crippen LogP contribution in [-0.2, 0) is 16.1 Å². The number of imidazole rings is 1. The Morgan fingerprint density at radius 3 is 2.96 bits per heavy atom. The highest BCUT2D eigenvalue weighted by atomic mass is 35.5. The van der Waals surface area contributed by atoms with Crippen molar-refractivity contribution in [1.29, 1.82) is 0 Å². The molecule has 0 aliphatic heterocycles. The molecule has 0 aliphatic rings. The molecule has 3 aromatic heterocycles. The molecule has 0 bridgehead atoms. The summed E-state index contributed by atoms with van der Waals surface area (Å²) in [6.45, 7) is 1.92. The van der Waals surface area contributed by atoms with Gasteiger partial charge in [-0.1, -0.05) is 17.7 Å². The summed E-state index contributed by atoms with van der Waals surface area (Å²) >= 11 is 7.17. The average molecular weight is 409 g/mol. The number of Topliss-reactive ketones (excluding diaryl/α,β-unsaturated/α-hetero) is 1. The largest absolute Gasteiger partial charge is 0.839 e. The normalized spacial score (nSPS) is 11.0. The van der Waals surface area contributed by atoms with E-state index in [4.69, 9.17) is 16.3 Å². The molecule has 0 aromatic carbocycles. The Bertz CT molecular complexity index is 985. The Morgan fingerprint density at radius 2 is 2.26 bits per heavy atom. The van der Waals surface area contributed by atoms with E-state index < -0.39 is 11.7 Å². The molecule has 27 heavy (non-hydrogen) atoms. The number of rotatable bonds is 8. The number of carbonyl (C=O) groups excluding carboxylic acids is 2. The number of nitrogens with one attached hydrogen (secondary N) is 1. The van der Waals surface area contributed by atoms with Gasteiger partial charge in [0, 0.05) is 25.7 Å². The topological polar surface area (TPSA) is 100 Å². The summed E-state index contributed by atoms with van der Waals surface area (Å²) in [5.74, 6) is -1.01. The van der Waals surface area contributed by atoms with Gasteiger partial charge in [0.05, 0.1) is 17.7 Å². The minimum atomic E-state index is -0.429. The smallest absolute Gasteiger partial charge is 0.286 e. The first-order valence-corrected chi connectivity index (χ1v) is 9.32. The van der Waals surface area contributed by atoms with Crippen molar-refractivity contribution in [1.82, 2.24) is 14.9 Å². The zero-order valence-corrected chi connectivity index (χ0v) is 16.0. The number of ether oxygens (including phenoxy) is 1. The molecule has 142 valence electrons. The number of nitrogens with zero attached hydrogens (tertiary/aromatic N) is 3. The van der Waals surface area contributed by atoms with Gasteiger partial charge in [-0.25, -0.2) is 14.0 Å². The molecule has 1 N–H and O–H groups in total. The Kier molecular flexibility index (Phi) is 6.04. The zero-order chi connectivity index (χ0) is 19.4. The van der Waals surface area contributed by atoms with Gasteiger partial charge in [0.15, 0.2) is 4.47 Å². The van der Waals surface area contributed by atoms with Crippen molar-refractivity contribution in [2.75, 3.05) is 19.8 Å². The quantitative estimate of drug-likeness (QED) is 0.337. The molecule has 0 saturated heterocycles. The lowest BCUT2D eigenvalue weighted by atomic mass is 10.3. The van der Waals surface area contributed by atoms with Gasteiger partial charge >= 0.3 is 0 Å². The average Bonchev–Trinajstić information content (AvgIpc) is 3.16. The van der Waals surface area contributed by atoms with Crippen molar-refractivity contribution in [2.45, 2.75) is 13.5 Å². The first-order valence-electron chi connectivity index (χ1n) is 8.13. The standard InChI is InChI=1S/C17H17ClN4O4S/c1-11(23)19-5-7-26-10-13(24)15-16(25)21-6-3-2-4-14(21)22(15)9-12-8-20-17(18)27-12/h2-4,6,8H,5,7,9-10H2,1H3,(H-,19,23,24,25). The third kappa shape index (κ3) is 4.44. The van der Waals surface area contributed by atoms with E-state index in [1.165, 1.54) is 22.7 Å². The van der Waals surface area contributed by atoms with Crippen LogP contribution in [0.2, 0.25) is 4.47 Å². The molecule has 10 heteroatoms. The summed E-state index contributed by atoms with van der Waals surface area (Å²) in [6.07, 6.45) is 3.23. The van der Waals surface area contributed by atoms with Crippen molar-refractivity contribution >= 4 is 40.3 Å². The zero-order valence-electron chi connectivity index (χ0n) is 14.5. The number of hydrogen-bond donors (Lipinski definition) is 1. The van der Waals surface area contributed by atoms with Crippen LogP contribution in [0, 0.1) is 0 Å². The Balaban J connectivity index is 1.84. The number of pyridine rings is 1. The van der Waals surface area contributed by atoms with E-state index in [9.17, 15) is 14.7 Å². The number of ketones is 1. The maximum Gasteiger partial charge on any atom is 0.286 e. The van der Waals surface area contributed by atoms with Crippen molar-refractivity contribution in [3.05, 3.63) is 45.6 Å². The lowest BCUT2D eigenvalue weighted by Gasteiger charge is -2.06. The van der Waals surface area contributed by atoms with Crippen LogP contribution in [0.1, 0.15) is 22.3 Å². The summed E-state index contributed by atoms with van der Waals surface area (Å²) in [6, 6.07) is 5.28. The van der Waals surface area contributed by atoms with Gasteiger partial charge < -0.3 is 15.2 Å².